The van der Waals surface area contributed by atoms with Gasteiger partial charge in [0.25, 0.3) is 0 Å². The van der Waals surface area contributed by atoms with Crippen molar-refractivity contribution in [1.29, 1.82) is 0 Å². The van der Waals surface area contributed by atoms with Crippen molar-refractivity contribution in [2.45, 2.75) is 46.2 Å². The van der Waals surface area contributed by atoms with E-state index in [1.165, 1.54) is 17.5 Å². The number of piperidine rings is 1. The molecule has 0 aliphatic carbocycles. The Bertz CT molecular complexity index is 532. The molecule has 1 aromatic rings. The molecule has 2 aliphatic rings. The summed E-state index contributed by atoms with van der Waals surface area (Å²) in [5, 5.41) is 0. The Labute approximate surface area is 134 Å². The average molecular weight is 300 g/mol. The minimum Gasteiger partial charge on any atom is -0.341 e. The van der Waals surface area contributed by atoms with Crippen LogP contribution in [0.1, 0.15) is 38.3 Å². The maximum absolute atomic E-state index is 12.9. The minimum atomic E-state index is -0.00847. The first-order valence-corrected chi connectivity index (χ1v) is 8.64. The maximum atomic E-state index is 12.9. The van der Waals surface area contributed by atoms with Gasteiger partial charge in [-0.25, -0.2) is 0 Å². The number of carbonyl (C=O) groups is 1. The molecule has 2 aliphatic heterocycles. The highest BCUT2D eigenvalue weighted by Crippen LogP contribution is 2.24. The van der Waals surface area contributed by atoms with E-state index in [4.69, 9.17) is 0 Å². The zero-order valence-electron chi connectivity index (χ0n) is 14.1. The number of hydrogen-bond donors (Lipinski definition) is 0. The predicted octanol–water partition coefficient (Wildman–Crippen LogP) is 2.94. The highest BCUT2D eigenvalue weighted by molar-refractivity contribution is 5.81. The van der Waals surface area contributed by atoms with Crippen LogP contribution in [0.5, 0.6) is 0 Å². The molecule has 0 N–H and O–H groups in total. The lowest BCUT2D eigenvalue weighted by atomic mass is 9.91. The summed E-state index contributed by atoms with van der Waals surface area (Å²) in [7, 11) is 0. The molecule has 0 spiro atoms. The fraction of sp³-hybridized carbons (Fsp3) is 0.632. The Hall–Kier alpha value is -1.35. The van der Waals surface area contributed by atoms with Crippen molar-refractivity contribution in [1.82, 2.24) is 9.80 Å². The van der Waals surface area contributed by atoms with E-state index in [-0.39, 0.29) is 6.04 Å². The van der Waals surface area contributed by atoms with Gasteiger partial charge in [-0.2, -0.15) is 0 Å². The summed E-state index contributed by atoms with van der Waals surface area (Å²) < 4.78 is 0. The quantitative estimate of drug-likeness (QED) is 0.838. The highest BCUT2D eigenvalue weighted by Gasteiger charge is 2.32. The molecule has 3 unspecified atom stereocenters. The molecular weight excluding hydrogens is 272 g/mol. The topological polar surface area (TPSA) is 23.6 Å². The lowest BCUT2D eigenvalue weighted by molar-refractivity contribution is -0.139. The van der Waals surface area contributed by atoms with Crippen molar-refractivity contribution in [3.8, 4) is 0 Å². The number of carbonyl (C=O) groups excluding carboxylic acids is 1. The van der Waals surface area contributed by atoms with Crippen LogP contribution in [0.25, 0.3) is 0 Å². The number of fused-ring (bicyclic) bond motifs is 1. The van der Waals surface area contributed by atoms with Crippen LogP contribution >= 0.6 is 0 Å². The molecule has 0 radical (unpaired) electrons. The monoisotopic (exact) mass is 300 g/mol. The molecule has 1 saturated heterocycles. The zero-order chi connectivity index (χ0) is 15.7. The summed E-state index contributed by atoms with van der Waals surface area (Å²) in [5.74, 6) is 1.57. The number of amides is 1. The van der Waals surface area contributed by atoms with Crippen molar-refractivity contribution in [3.05, 3.63) is 35.4 Å². The van der Waals surface area contributed by atoms with Gasteiger partial charge < -0.3 is 4.90 Å². The summed E-state index contributed by atoms with van der Waals surface area (Å²) in [6.07, 6.45) is 2.30. The molecule has 3 rings (SSSR count). The number of hydrogen-bond acceptors (Lipinski definition) is 2. The minimum absolute atomic E-state index is 0.00847. The van der Waals surface area contributed by atoms with Gasteiger partial charge in [-0.1, -0.05) is 38.1 Å². The Balaban J connectivity index is 1.66. The molecule has 0 aromatic heterocycles. The SMILES string of the molecule is CC1CC(C)CN(C(=O)C(C)N2CCc3ccccc3C2)C1. The normalized spacial score (nSPS) is 27.3. The van der Waals surface area contributed by atoms with Crippen molar-refractivity contribution in [2.75, 3.05) is 19.6 Å². The van der Waals surface area contributed by atoms with Gasteiger partial charge in [0.05, 0.1) is 6.04 Å². The van der Waals surface area contributed by atoms with Crippen LogP contribution < -0.4 is 0 Å². The third-order valence-electron chi connectivity index (χ3n) is 5.25. The fourth-order valence-electron chi connectivity index (χ4n) is 4.11. The summed E-state index contributed by atoms with van der Waals surface area (Å²) in [6.45, 7) is 10.4. The van der Waals surface area contributed by atoms with Crippen LogP contribution in [0.4, 0.5) is 0 Å². The van der Waals surface area contributed by atoms with Gasteiger partial charge in [0.1, 0.15) is 0 Å². The summed E-state index contributed by atoms with van der Waals surface area (Å²) in [6, 6.07) is 8.62. The molecule has 2 heterocycles. The van der Waals surface area contributed by atoms with Gasteiger partial charge >= 0.3 is 0 Å². The van der Waals surface area contributed by atoms with Crippen molar-refractivity contribution >= 4 is 5.91 Å². The summed E-state index contributed by atoms with van der Waals surface area (Å²) >= 11 is 0. The average Bonchev–Trinajstić information content (AvgIpc) is 2.52. The number of nitrogens with zero attached hydrogens (tertiary/aromatic N) is 2. The Morgan fingerprint density at radius 3 is 2.45 bits per heavy atom. The Kier molecular flexibility index (Phi) is 4.53. The van der Waals surface area contributed by atoms with Gasteiger partial charge in [0, 0.05) is 26.2 Å². The van der Waals surface area contributed by atoms with Gasteiger partial charge in [0.15, 0.2) is 0 Å². The standard InChI is InChI=1S/C19H28N2O/c1-14-10-15(2)12-21(11-14)19(22)16(3)20-9-8-17-6-4-5-7-18(17)13-20/h4-7,14-16H,8-13H2,1-3H3. The number of rotatable bonds is 2. The first-order chi connectivity index (χ1) is 10.5. The van der Waals surface area contributed by atoms with Crippen LogP contribution in [0, 0.1) is 11.8 Å². The Morgan fingerprint density at radius 2 is 1.77 bits per heavy atom. The van der Waals surface area contributed by atoms with Crippen LogP contribution in [-0.4, -0.2) is 41.4 Å². The van der Waals surface area contributed by atoms with Gasteiger partial charge in [-0.15, -0.1) is 0 Å². The highest BCUT2D eigenvalue weighted by atomic mass is 16.2. The fourth-order valence-corrected chi connectivity index (χ4v) is 4.11. The van der Waals surface area contributed by atoms with E-state index in [2.05, 4.69) is 54.8 Å². The third kappa shape index (κ3) is 3.19. The van der Waals surface area contributed by atoms with Crippen LogP contribution in [0.2, 0.25) is 0 Å². The van der Waals surface area contributed by atoms with E-state index in [0.717, 1.165) is 32.6 Å². The second kappa shape index (κ2) is 6.41. The first-order valence-electron chi connectivity index (χ1n) is 8.64. The lowest BCUT2D eigenvalue weighted by Gasteiger charge is -2.40. The summed E-state index contributed by atoms with van der Waals surface area (Å²) in [5.41, 5.74) is 2.83. The molecule has 0 bridgehead atoms. The molecule has 0 saturated carbocycles. The molecule has 120 valence electrons. The molecule has 3 atom stereocenters. The van der Waals surface area contributed by atoms with Crippen LogP contribution in [-0.2, 0) is 17.8 Å². The molecule has 3 heteroatoms. The van der Waals surface area contributed by atoms with Gasteiger partial charge in [0.2, 0.25) is 5.91 Å². The molecule has 1 fully saturated rings. The van der Waals surface area contributed by atoms with Crippen molar-refractivity contribution in [2.24, 2.45) is 11.8 Å². The molecular formula is C19H28N2O. The summed E-state index contributed by atoms with van der Waals surface area (Å²) in [4.78, 5) is 17.3. The maximum Gasteiger partial charge on any atom is 0.239 e. The first kappa shape index (κ1) is 15.5. The van der Waals surface area contributed by atoms with Crippen LogP contribution in [0.3, 0.4) is 0 Å². The van der Waals surface area contributed by atoms with Crippen molar-refractivity contribution in [3.63, 3.8) is 0 Å². The van der Waals surface area contributed by atoms with Crippen molar-refractivity contribution < 1.29 is 4.79 Å². The predicted molar refractivity (Wildman–Crippen MR) is 89.5 cm³/mol. The largest absolute Gasteiger partial charge is 0.341 e. The van der Waals surface area contributed by atoms with Crippen LogP contribution in [0.15, 0.2) is 24.3 Å². The second-order valence-corrected chi connectivity index (χ2v) is 7.35. The third-order valence-corrected chi connectivity index (χ3v) is 5.25. The molecule has 22 heavy (non-hydrogen) atoms. The van der Waals surface area contributed by atoms with E-state index in [1.807, 2.05) is 0 Å². The molecule has 1 aromatic carbocycles. The lowest BCUT2D eigenvalue weighted by Crippen LogP contribution is -2.52. The molecule has 1 amide bonds. The van der Waals surface area contributed by atoms with Gasteiger partial charge in [-0.05, 0) is 42.7 Å². The van der Waals surface area contributed by atoms with E-state index in [9.17, 15) is 4.79 Å². The van der Waals surface area contributed by atoms with Gasteiger partial charge in [-0.3, -0.25) is 9.69 Å². The number of benzene rings is 1. The van der Waals surface area contributed by atoms with E-state index in [0.29, 0.717) is 17.7 Å². The van der Waals surface area contributed by atoms with E-state index < -0.39 is 0 Å². The number of likely N-dealkylation sites (tertiary alicyclic amines) is 1. The Morgan fingerprint density at radius 1 is 1.14 bits per heavy atom. The van der Waals surface area contributed by atoms with E-state index >= 15 is 0 Å². The zero-order valence-corrected chi connectivity index (χ0v) is 14.1. The van der Waals surface area contributed by atoms with E-state index in [1.54, 1.807) is 0 Å². The molecule has 3 nitrogen and oxygen atoms in total. The smallest absolute Gasteiger partial charge is 0.239 e. The second-order valence-electron chi connectivity index (χ2n) is 7.35.